The predicted octanol–water partition coefficient (Wildman–Crippen LogP) is 3.23. The number of aliphatic hydroxyl groups is 1. The molecule has 1 aromatic carbocycles. The molecule has 2 heterocycles. The highest BCUT2D eigenvalue weighted by Crippen LogP contribution is 2.26. The van der Waals surface area contributed by atoms with E-state index in [1.165, 1.54) is 5.56 Å². The second-order valence-electron chi connectivity index (χ2n) is 5.52. The quantitative estimate of drug-likeness (QED) is 0.782. The van der Waals surface area contributed by atoms with Gasteiger partial charge in [-0.2, -0.15) is 0 Å². The van der Waals surface area contributed by atoms with Crippen LogP contribution in [0.2, 0.25) is 0 Å². The summed E-state index contributed by atoms with van der Waals surface area (Å²) in [5.74, 6) is 1.05. The highest BCUT2D eigenvalue weighted by atomic mass is 16.3. The van der Waals surface area contributed by atoms with Gasteiger partial charge in [0.1, 0.15) is 11.3 Å². The molecule has 4 heteroatoms. The summed E-state index contributed by atoms with van der Waals surface area (Å²) in [5, 5.41) is 10.5. The Morgan fingerprint density at radius 3 is 2.86 bits per heavy atom. The molecule has 4 nitrogen and oxygen atoms in total. The zero-order valence-corrected chi connectivity index (χ0v) is 12.6. The van der Waals surface area contributed by atoms with E-state index in [9.17, 15) is 5.11 Å². The van der Waals surface area contributed by atoms with Gasteiger partial charge in [0.15, 0.2) is 0 Å². The van der Waals surface area contributed by atoms with Gasteiger partial charge in [0, 0.05) is 18.4 Å². The van der Waals surface area contributed by atoms with Crippen molar-refractivity contribution in [3.63, 3.8) is 0 Å². The van der Waals surface area contributed by atoms with E-state index in [0.717, 1.165) is 47.0 Å². The lowest BCUT2D eigenvalue weighted by atomic mass is 10.1. The summed E-state index contributed by atoms with van der Waals surface area (Å²) >= 11 is 0. The van der Waals surface area contributed by atoms with Crippen LogP contribution < -0.4 is 0 Å². The molecule has 21 heavy (non-hydrogen) atoms. The normalized spacial score (nSPS) is 11.6. The van der Waals surface area contributed by atoms with Crippen LogP contribution in [0, 0.1) is 6.92 Å². The number of aryl methyl sites for hydroxylation is 2. The number of aliphatic hydroxyl groups excluding tert-OH is 1. The van der Waals surface area contributed by atoms with Gasteiger partial charge in [0.2, 0.25) is 0 Å². The van der Waals surface area contributed by atoms with Crippen molar-refractivity contribution >= 4 is 21.9 Å². The van der Waals surface area contributed by atoms with E-state index in [1.807, 2.05) is 6.20 Å². The average Bonchev–Trinajstić information content (AvgIpc) is 2.83. The lowest BCUT2D eigenvalue weighted by Gasteiger charge is -2.08. The molecular weight excluding hydrogens is 262 g/mol. The van der Waals surface area contributed by atoms with Crippen molar-refractivity contribution in [2.45, 2.75) is 39.7 Å². The molecule has 0 spiro atoms. The minimum atomic E-state index is 0.125. The van der Waals surface area contributed by atoms with Gasteiger partial charge < -0.3 is 9.67 Å². The maximum atomic E-state index is 9.40. The number of hydrogen-bond acceptors (Lipinski definition) is 3. The van der Waals surface area contributed by atoms with Crippen molar-refractivity contribution in [2.75, 3.05) is 6.61 Å². The molecule has 0 atom stereocenters. The van der Waals surface area contributed by atoms with E-state index in [-0.39, 0.29) is 6.61 Å². The molecule has 0 aliphatic rings. The number of pyridine rings is 1. The van der Waals surface area contributed by atoms with Gasteiger partial charge in [-0.25, -0.2) is 4.98 Å². The lowest BCUT2D eigenvalue weighted by Crippen LogP contribution is -2.07. The maximum Gasteiger partial charge on any atom is 0.110 e. The molecule has 0 bridgehead atoms. The summed E-state index contributed by atoms with van der Waals surface area (Å²) in [4.78, 5) is 9.26. The maximum absolute atomic E-state index is 9.40. The average molecular weight is 283 g/mol. The van der Waals surface area contributed by atoms with Crippen molar-refractivity contribution in [1.29, 1.82) is 0 Å². The number of rotatable bonds is 5. The van der Waals surface area contributed by atoms with Crippen molar-refractivity contribution in [2.24, 2.45) is 0 Å². The van der Waals surface area contributed by atoms with Gasteiger partial charge in [0.25, 0.3) is 0 Å². The van der Waals surface area contributed by atoms with E-state index in [1.54, 1.807) is 0 Å². The molecule has 0 saturated heterocycles. The molecular formula is C17H21N3O. The number of imidazole rings is 1. The number of benzene rings is 1. The minimum absolute atomic E-state index is 0.125. The number of fused-ring (bicyclic) bond motifs is 3. The lowest BCUT2D eigenvalue weighted by molar-refractivity contribution is 0.276. The summed E-state index contributed by atoms with van der Waals surface area (Å²) in [6, 6.07) is 6.31. The van der Waals surface area contributed by atoms with Crippen LogP contribution in [-0.2, 0) is 13.0 Å². The van der Waals surface area contributed by atoms with Crippen LogP contribution in [-0.4, -0.2) is 26.2 Å². The van der Waals surface area contributed by atoms with Gasteiger partial charge >= 0.3 is 0 Å². The third kappa shape index (κ3) is 2.51. The van der Waals surface area contributed by atoms with Crippen molar-refractivity contribution in [3.8, 4) is 0 Å². The topological polar surface area (TPSA) is 50.9 Å². The zero-order chi connectivity index (χ0) is 14.8. The van der Waals surface area contributed by atoms with Crippen LogP contribution in [0.1, 0.15) is 31.2 Å². The molecule has 0 radical (unpaired) electrons. The molecule has 0 aliphatic carbocycles. The molecule has 0 aliphatic heterocycles. The van der Waals surface area contributed by atoms with Gasteiger partial charge in [-0.05, 0) is 25.0 Å². The van der Waals surface area contributed by atoms with Gasteiger partial charge in [0.05, 0.1) is 23.8 Å². The van der Waals surface area contributed by atoms with Crippen molar-refractivity contribution < 1.29 is 5.11 Å². The zero-order valence-electron chi connectivity index (χ0n) is 12.6. The number of unbranched alkanes of at least 4 members (excludes halogenated alkanes) is 1. The van der Waals surface area contributed by atoms with Crippen LogP contribution in [0.4, 0.5) is 0 Å². The molecule has 110 valence electrons. The summed E-state index contributed by atoms with van der Waals surface area (Å²) in [7, 11) is 0. The van der Waals surface area contributed by atoms with E-state index in [2.05, 4.69) is 41.6 Å². The fourth-order valence-electron chi connectivity index (χ4n) is 2.84. The highest BCUT2D eigenvalue weighted by Gasteiger charge is 2.13. The van der Waals surface area contributed by atoms with Gasteiger partial charge in [-0.3, -0.25) is 4.98 Å². The van der Waals surface area contributed by atoms with Crippen LogP contribution >= 0.6 is 0 Å². The largest absolute Gasteiger partial charge is 0.395 e. The van der Waals surface area contributed by atoms with Crippen molar-refractivity contribution in [1.82, 2.24) is 14.5 Å². The van der Waals surface area contributed by atoms with Crippen LogP contribution in [0.25, 0.3) is 21.9 Å². The van der Waals surface area contributed by atoms with E-state index in [4.69, 9.17) is 4.98 Å². The Morgan fingerprint density at radius 1 is 1.24 bits per heavy atom. The van der Waals surface area contributed by atoms with E-state index < -0.39 is 0 Å². The Balaban J connectivity index is 2.26. The molecule has 0 unspecified atom stereocenters. The number of nitrogens with zero attached hydrogens (tertiary/aromatic N) is 3. The molecule has 3 aromatic rings. The number of hydrogen-bond donors (Lipinski definition) is 1. The molecule has 2 aromatic heterocycles. The molecule has 0 fully saturated rings. The monoisotopic (exact) mass is 283 g/mol. The number of aromatic nitrogens is 3. The van der Waals surface area contributed by atoms with Crippen LogP contribution in [0.5, 0.6) is 0 Å². The Bertz CT molecular complexity index is 776. The third-order valence-electron chi connectivity index (χ3n) is 3.89. The molecule has 0 amide bonds. The first-order valence-electron chi connectivity index (χ1n) is 7.60. The summed E-state index contributed by atoms with van der Waals surface area (Å²) in [5.41, 5.74) is 4.21. The molecule has 0 saturated carbocycles. The Kier molecular flexibility index (Phi) is 3.88. The van der Waals surface area contributed by atoms with E-state index in [0.29, 0.717) is 6.54 Å². The first-order valence-corrected chi connectivity index (χ1v) is 7.60. The first kappa shape index (κ1) is 14.0. The molecule has 3 rings (SSSR count). The van der Waals surface area contributed by atoms with Crippen molar-refractivity contribution in [3.05, 3.63) is 35.8 Å². The Hall–Kier alpha value is -1.94. The van der Waals surface area contributed by atoms with Gasteiger partial charge in [-0.1, -0.05) is 25.5 Å². The SMILES string of the molecule is CCCCc1nc2cnc3cc(C)ccc3c2n1CCO. The van der Waals surface area contributed by atoms with Gasteiger partial charge in [-0.15, -0.1) is 0 Å². The van der Waals surface area contributed by atoms with E-state index >= 15 is 0 Å². The standard InChI is InChI=1S/C17H21N3O/c1-3-4-5-16-19-15-11-18-14-10-12(2)6-7-13(14)17(15)20(16)8-9-21/h6-7,10-11,21H,3-5,8-9H2,1-2H3. The Morgan fingerprint density at radius 2 is 2.10 bits per heavy atom. The summed E-state index contributed by atoms with van der Waals surface area (Å²) in [6.07, 6.45) is 5.04. The smallest absolute Gasteiger partial charge is 0.110 e. The predicted molar refractivity (Wildman–Crippen MR) is 85.5 cm³/mol. The summed E-state index contributed by atoms with van der Waals surface area (Å²) in [6.45, 7) is 4.96. The Labute approximate surface area is 124 Å². The first-order chi connectivity index (χ1) is 10.2. The second kappa shape index (κ2) is 5.82. The highest BCUT2D eigenvalue weighted by molar-refractivity contribution is 6.02. The second-order valence-corrected chi connectivity index (χ2v) is 5.52. The summed E-state index contributed by atoms with van der Waals surface area (Å²) < 4.78 is 2.16. The van der Waals surface area contributed by atoms with Crippen LogP contribution in [0.15, 0.2) is 24.4 Å². The molecule has 1 N–H and O–H groups in total. The van der Waals surface area contributed by atoms with Crippen LogP contribution in [0.3, 0.4) is 0 Å². The third-order valence-corrected chi connectivity index (χ3v) is 3.89. The fraction of sp³-hybridized carbons (Fsp3) is 0.412. The minimum Gasteiger partial charge on any atom is -0.395 e. The fourth-order valence-corrected chi connectivity index (χ4v) is 2.84.